The maximum absolute atomic E-state index is 10.9. The van der Waals surface area contributed by atoms with E-state index in [2.05, 4.69) is 43.5 Å². The van der Waals surface area contributed by atoms with Crippen molar-refractivity contribution in [2.75, 3.05) is 0 Å². The molecule has 0 saturated carbocycles. The zero-order valence-electron chi connectivity index (χ0n) is 8.84. The quantitative estimate of drug-likeness (QED) is 0.425. The van der Waals surface area contributed by atoms with Crippen LogP contribution in [0.15, 0.2) is 41.0 Å². The average Bonchev–Trinajstić information content (AvgIpc) is 2.34. The van der Waals surface area contributed by atoms with Crippen LogP contribution in [0.1, 0.15) is 0 Å². The van der Waals surface area contributed by atoms with Crippen molar-refractivity contribution in [1.29, 1.82) is 0 Å². The highest BCUT2D eigenvalue weighted by Crippen LogP contribution is 2.31. The fourth-order valence-corrected chi connectivity index (χ4v) is 1.92. The summed E-state index contributed by atoms with van der Waals surface area (Å²) in [6.45, 7) is 0. The van der Waals surface area contributed by atoms with Crippen LogP contribution < -0.4 is 4.74 Å². The van der Waals surface area contributed by atoms with E-state index in [1.807, 2.05) is 12.1 Å². The van der Waals surface area contributed by atoms with Crippen molar-refractivity contribution in [2.24, 2.45) is 0 Å². The van der Waals surface area contributed by atoms with Gasteiger partial charge in [-0.05, 0) is 62.8 Å². The Bertz CT molecular complexity index is 589. The minimum Gasteiger partial charge on any atom is -0.434 e. The monoisotopic (exact) mass is 420 g/mol. The van der Waals surface area contributed by atoms with Crippen molar-refractivity contribution in [3.63, 3.8) is 0 Å². The lowest BCUT2D eigenvalue weighted by Crippen LogP contribution is -1.96. The Morgan fingerprint density at radius 1 is 1.33 bits per heavy atom. The summed E-state index contributed by atoms with van der Waals surface area (Å²) in [7, 11) is 0. The highest BCUT2D eigenvalue weighted by Gasteiger charge is 2.18. The van der Waals surface area contributed by atoms with Gasteiger partial charge in [0.2, 0.25) is 0 Å². The number of hydrogen-bond acceptors (Lipinski definition) is 4. The number of nitrogens with zero attached hydrogens (tertiary/aromatic N) is 2. The summed E-state index contributed by atoms with van der Waals surface area (Å²) in [6.07, 6.45) is 1.45. The second kappa shape index (κ2) is 5.61. The van der Waals surface area contributed by atoms with Crippen LogP contribution >= 0.6 is 38.5 Å². The van der Waals surface area contributed by atoms with Crippen LogP contribution in [0.3, 0.4) is 0 Å². The molecule has 2 rings (SSSR count). The SMILES string of the molecule is O=[N+]([O-])c1cc(Br)cnc1Oc1ccc(I)cc1. The number of pyridine rings is 1. The third kappa shape index (κ3) is 3.16. The molecular formula is C11H6BrIN2O3. The first kappa shape index (κ1) is 13.2. The van der Waals surface area contributed by atoms with Gasteiger partial charge in [0.1, 0.15) is 5.75 Å². The van der Waals surface area contributed by atoms with Gasteiger partial charge >= 0.3 is 5.69 Å². The minimum atomic E-state index is -0.528. The maximum Gasteiger partial charge on any atom is 0.332 e. The first-order chi connectivity index (χ1) is 8.56. The van der Waals surface area contributed by atoms with Crippen molar-refractivity contribution in [3.05, 3.63) is 54.7 Å². The zero-order chi connectivity index (χ0) is 13.1. The highest BCUT2D eigenvalue weighted by atomic mass is 127. The van der Waals surface area contributed by atoms with Gasteiger partial charge in [-0.3, -0.25) is 10.1 Å². The Kier molecular flexibility index (Phi) is 4.12. The van der Waals surface area contributed by atoms with Gasteiger partial charge in [-0.2, -0.15) is 0 Å². The van der Waals surface area contributed by atoms with Crippen LogP contribution in [0.25, 0.3) is 0 Å². The van der Waals surface area contributed by atoms with Gasteiger partial charge in [-0.15, -0.1) is 0 Å². The fourth-order valence-electron chi connectivity index (χ4n) is 1.24. The molecule has 0 atom stereocenters. The van der Waals surface area contributed by atoms with E-state index in [1.165, 1.54) is 12.3 Å². The Labute approximate surface area is 125 Å². The van der Waals surface area contributed by atoms with E-state index in [1.54, 1.807) is 12.1 Å². The summed E-state index contributed by atoms with van der Waals surface area (Å²) >= 11 is 5.30. The molecule has 0 spiro atoms. The highest BCUT2D eigenvalue weighted by molar-refractivity contribution is 14.1. The number of benzene rings is 1. The number of ether oxygens (including phenoxy) is 1. The van der Waals surface area contributed by atoms with Crippen molar-refractivity contribution in [1.82, 2.24) is 4.98 Å². The lowest BCUT2D eigenvalue weighted by Gasteiger charge is -2.05. The number of hydrogen-bond donors (Lipinski definition) is 0. The summed E-state index contributed by atoms with van der Waals surface area (Å²) < 4.78 is 6.99. The minimum absolute atomic E-state index is 0.0237. The van der Waals surface area contributed by atoms with Gasteiger partial charge in [-0.1, -0.05) is 0 Å². The van der Waals surface area contributed by atoms with E-state index in [0.29, 0.717) is 10.2 Å². The average molecular weight is 421 g/mol. The lowest BCUT2D eigenvalue weighted by molar-refractivity contribution is -0.386. The van der Waals surface area contributed by atoms with Gasteiger partial charge < -0.3 is 4.74 Å². The van der Waals surface area contributed by atoms with E-state index in [9.17, 15) is 10.1 Å². The molecule has 0 bridgehead atoms. The van der Waals surface area contributed by atoms with E-state index in [4.69, 9.17) is 4.74 Å². The molecule has 5 nitrogen and oxygen atoms in total. The standard InChI is InChI=1S/C11H6BrIN2O3/c12-7-5-10(15(16)17)11(14-6-7)18-9-3-1-8(13)2-4-9/h1-6H. The molecule has 1 heterocycles. The summed E-state index contributed by atoms with van der Waals surface area (Å²) in [5.41, 5.74) is -0.178. The molecule has 0 N–H and O–H groups in total. The number of nitro groups is 1. The Hall–Kier alpha value is -1.22. The van der Waals surface area contributed by atoms with Crippen molar-refractivity contribution in [2.45, 2.75) is 0 Å². The van der Waals surface area contributed by atoms with Gasteiger partial charge in [-0.25, -0.2) is 4.98 Å². The Balaban J connectivity index is 2.34. The van der Waals surface area contributed by atoms with Crippen molar-refractivity contribution in [3.8, 4) is 11.6 Å². The number of rotatable bonds is 3. The fraction of sp³-hybridized carbons (Fsp3) is 0. The second-order valence-electron chi connectivity index (χ2n) is 3.29. The van der Waals surface area contributed by atoms with Gasteiger partial charge in [0.15, 0.2) is 0 Å². The molecule has 0 aliphatic carbocycles. The summed E-state index contributed by atoms with van der Waals surface area (Å²) in [5, 5.41) is 10.9. The van der Waals surface area contributed by atoms with Crippen LogP contribution in [0, 0.1) is 13.7 Å². The third-order valence-electron chi connectivity index (χ3n) is 2.02. The maximum atomic E-state index is 10.9. The van der Waals surface area contributed by atoms with Crippen LogP contribution in [0.5, 0.6) is 11.6 Å². The van der Waals surface area contributed by atoms with Gasteiger partial charge in [0, 0.05) is 20.3 Å². The summed E-state index contributed by atoms with van der Waals surface area (Å²) in [4.78, 5) is 14.3. The third-order valence-corrected chi connectivity index (χ3v) is 3.18. The molecule has 18 heavy (non-hydrogen) atoms. The van der Waals surface area contributed by atoms with Crippen LogP contribution in [-0.2, 0) is 0 Å². The largest absolute Gasteiger partial charge is 0.434 e. The number of aromatic nitrogens is 1. The van der Waals surface area contributed by atoms with E-state index >= 15 is 0 Å². The van der Waals surface area contributed by atoms with Gasteiger partial charge in [0.05, 0.1) is 4.92 Å². The van der Waals surface area contributed by atoms with Gasteiger partial charge in [0.25, 0.3) is 5.88 Å². The first-order valence-electron chi connectivity index (χ1n) is 4.79. The summed E-state index contributed by atoms with van der Waals surface area (Å²) in [5.74, 6) is 0.484. The normalized spacial score (nSPS) is 10.1. The molecule has 0 aliphatic rings. The smallest absolute Gasteiger partial charge is 0.332 e. The molecule has 1 aromatic heterocycles. The molecule has 92 valence electrons. The first-order valence-corrected chi connectivity index (χ1v) is 6.67. The van der Waals surface area contributed by atoms with Crippen molar-refractivity contribution >= 4 is 44.2 Å². The number of halogens is 2. The molecule has 0 fully saturated rings. The Morgan fingerprint density at radius 2 is 2.00 bits per heavy atom. The van der Waals surface area contributed by atoms with E-state index in [-0.39, 0.29) is 11.6 Å². The Morgan fingerprint density at radius 3 is 2.61 bits per heavy atom. The molecule has 0 saturated heterocycles. The molecule has 1 aromatic carbocycles. The van der Waals surface area contributed by atoms with E-state index in [0.717, 1.165) is 3.57 Å². The molecule has 2 aromatic rings. The molecule has 7 heteroatoms. The van der Waals surface area contributed by atoms with Crippen LogP contribution in [0.2, 0.25) is 0 Å². The van der Waals surface area contributed by atoms with Crippen molar-refractivity contribution < 1.29 is 9.66 Å². The molecule has 0 amide bonds. The molecular weight excluding hydrogens is 415 g/mol. The molecule has 0 aliphatic heterocycles. The molecule has 0 unspecified atom stereocenters. The lowest BCUT2D eigenvalue weighted by atomic mass is 10.3. The molecule has 0 radical (unpaired) electrons. The topological polar surface area (TPSA) is 65.3 Å². The van der Waals surface area contributed by atoms with Crippen LogP contribution in [0.4, 0.5) is 5.69 Å². The van der Waals surface area contributed by atoms with E-state index < -0.39 is 4.92 Å². The zero-order valence-corrected chi connectivity index (χ0v) is 12.6. The predicted octanol–water partition coefficient (Wildman–Crippen LogP) is 4.15. The predicted molar refractivity (Wildman–Crippen MR) is 77.8 cm³/mol. The second-order valence-corrected chi connectivity index (χ2v) is 5.45. The van der Waals surface area contributed by atoms with Crippen LogP contribution in [-0.4, -0.2) is 9.91 Å². The summed E-state index contributed by atoms with van der Waals surface area (Å²) in [6, 6.07) is 8.51.